The first-order valence-corrected chi connectivity index (χ1v) is 8.41. The summed E-state index contributed by atoms with van der Waals surface area (Å²) in [6, 6.07) is 4.97. The normalized spacial score (nSPS) is 20.6. The highest BCUT2D eigenvalue weighted by molar-refractivity contribution is 5.85. The largest absolute Gasteiger partial charge is 0.507 e. The van der Waals surface area contributed by atoms with Gasteiger partial charge in [0.15, 0.2) is 0 Å². The maximum Gasteiger partial charge on any atom is 0.121 e. The van der Waals surface area contributed by atoms with Crippen LogP contribution in [0.5, 0.6) is 5.75 Å². The lowest BCUT2D eigenvalue weighted by Crippen LogP contribution is -2.46. The molecular formula is C18H30Cl2N2O. The Bertz CT molecular complexity index is 475. The molecule has 1 aliphatic heterocycles. The van der Waals surface area contributed by atoms with E-state index < -0.39 is 0 Å². The van der Waals surface area contributed by atoms with Gasteiger partial charge in [-0.2, -0.15) is 0 Å². The van der Waals surface area contributed by atoms with Crippen molar-refractivity contribution in [1.82, 2.24) is 10.2 Å². The van der Waals surface area contributed by atoms with E-state index in [4.69, 9.17) is 0 Å². The molecule has 5 heteroatoms. The molecule has 1 saturated heterocycles. The predicted octanol–water partition coefficient (Wildman–Crippen LogP) is 3.99. The number of hydrogen-bond donors (Lipinski definition) is 2. The number of benzene rings is 1. The summed E-state index contributed by atoms with van der Waals surface area (Å²) in [5, 5.41) is 13.5. The minimum atomic E-state index is 0. The number of piperazine rings is 1. The van der Waals surface area contributed by atoms with E-state index >= 15 is 0 Å². The van der Waals surface area contributed by atoms with Crippen LogP contribution < -0.4 is 5.32 Å². The second kappa shape index (κ2) is 9.12. The molecule has 3 nitrogen and oxygen atoms in total. The van der Waals surface area contributed by atoms with Crippen LogP contribution in [0.25, 0.3) is 0 Å². The zero-order chi connectivity index (χ0) is 14.8. The van der Waals surface area contributed by atoms with Crippen LogP contribution in [-0.4, -0.2) is 36.2 Å². The van der Waals surface area contributed by atoms with Crippen molar-refractivity contribution in [2.75, 3.05) is 26.2 Å². The zero-order valence-electron chi connectivity index (χ0n) is 14.2. The first-order chi connectivity index (χ1) is 10.2. The minimum Gasteiger partial charge on any atom is -0.507 e. The number of rotatable bonds is 3. The lowest BCUT2D eigenvalue weighted by atomic mass is 9.88. The highest BCUT2D eigenvalue weighted by Crippen LogP contribution is 2.41. The zero-order valence-corrected chi connectivity index (χ0v) is 15.8. The summed E-state index contributed by atoms with van der Waals surface area (Å²) >= 11 is 0. The average molecular weight is 361 g/mol. The van der Waals surface area contributed by atoms with Crippen molar-refractivity contribution in [3.05, 3.63) is 28.8 Å². The second-order valence-corrected chi connectivity index (χ2v) is 6.78. The lowest BCUT2D eigenvalue weighted by Gasteiger charge is -2.39. The van der Waals surface area contributed by atoms with Crippen molar-refractivity contribution in [3.8, 4) is 5.75 Å². The first-order valence-electron chi connectivity index (χ1n) is 8.41. The SMILES string of the molecule is Cc1cc([C@@H](C2CCCC2)N2CCNCC2)cc(C)c1O.Cl.Cl. The topological polar surface area (TPSA) is 35.5 Å². The van der Waals surface area contributed by atoms with Gasteiger partial charge in [-0.3, -0.25) is 4.90 Å². The highest BCUT2D eigenvalue weighted by atomic mass is 35.5. The van der Waals surface area contributed by atoms with Gasteiger partial charge in [-0.1, -0.05) is 25.0 Å². The molecule has 1 heterocycles. The molecule has 1 aliphatic carbocycles. The van der Waals surface area contributed by atoms with Gasteiger partial charge in [0.25, 0.3) is 0 Å². The first kappa shape index (κ1) is 20.6. The molecule has 0 aromatic heterocycles. The summed E-state index contributed by atoms with van der Waals surface area (Å²) < 4.78 is 0. The molecule has 2 N–H and O–H groups in total. The van der Waals surface area contributed by atoms with E-state index in [0.29, 0.717) is 11.8 Å². The van der Waals surface area contributed by atoms with Crippen molar-refractivity contribution >= 4 is 24.8 Å². The molecule has 3 rings (SSSR count). The molecular weight excluding hydrogens is 331 g/mol. The third kappa shape index (κ3) is 4.54. The molecule has 1 aromatic rings. The number of hydrogen-bond acceptors (Lipinski definition) is 3. The summed E-state index contributed by atoms with van der Waals surface area (Å²) in [6.45, 7) is 8.52. The molecule has 1 saturated carbocycles. The summed E-state index contributed by atoms with van der Waals surface area (Å²) in [4.78, 5) is 2.66. The molecule has 1 atom stereocenters. The molecule has 0 spiro atoms. The summed E-state index contributed by atoms with van der Waals surface area (Å²) in [7, 11) is 0. The quantitative estimate of drug-likeness (QED) is 0.855. The average Bonchev–Trinajstić information content (AvgIpc) is 3.00. The molecule has 132 valence electrons. The Hall–Kier alpha value is -0.480. The van der Waals surface area contributed by atoms with E-state index in [1.54, 1.807) is 0 Å². The second-order valence-electron chi connectivity index (χ2n) is 6.78. The summed E-state index contributed by atoms with van der Waals surface area (Å²) in [5.41, 5.74) is 3.45. The van der Waals surface area contributed by atoms with Crippen molar-refractivity contribution < 1.29 is 5.11 Å². The highest BCUT2D eigenvalue weighted by Gasteiger charge is 2.32. The molecule has 2 aliphatic rings. The Morgan fingerprint density at radius 3 is 2.09 bits per heavy atom. The fraction of sp³-hybridized carbons (Fsp3) is 0.667. The number of aromatic hydroxyl groups is 1. The van der Waals surface area contributed by atoms with E-state index in [2.05, 4.69) is 22.3 Å². The van der Waals surface area contributed by atoms with Crippen LogP contribution in [0.4, 0.5) is 0 Å². The third-order valence-electron chi connectivity index (χ3n) is 5.25. The van der Waals surface area contributed by atoms with Crippen LogP contribution in [0, 0.1) is 19.8 Å². The third-order valence-corrected chi connectivity index (χ3v) is 5.25. The number of halogens is 2. The predicted molar refractivity (Wildman–Crippen MR) is 101 cm³/mol. The standard InChI is InChI=1S/C18H28N2O.2ClH/c1-13-11-16(12-14(2)18(13)21)17(15-5-3-4-6-15)20-9-7-19-8-10-20;;/h11-12,15,17,19,21H,3-10H2,1-2H3;2*1H/t17-;;/m1../s1. The van der Waals surface area contributed by atoms with Crippen LogP contribution >= 0.6 is 24.8 Å². The number of phenols is 1. The fourth-order valence-corrected chi connectivity index (χ4v) is 4.17. The lowest BCUT2D eigenvalue weighted by molar-refractivity contribution is 0.125. The van der Waals surface area contributed by atoms with Crippen LogP contribution in [0.15, 0.2) is 12.1 Å². The van der Waals surface area contributed by atoms with E-state index in [-0.39, 0.29) is 24.8 Å². The molecule has 0 amide bonds. The van der Waals surface area contributed by atoms with Gasteiger partial charge < -0.3 is 10.4 Å². The van der Waals surface area contributed by atoms with Gasteiger partial charge in [-0.15, -0.1) is 24.8 Å². The minimum absolute atomic E-state index is 0. The van der Waals surface area contributed by atoms with Gasteiger partial charge in [0.05, 0.1) is 0 Å². The maximum atomic E-state index is 10.1. The van der Waals surface area contributed by atoms with Gasteiger partial charge in [0.2, 0.25) is 0 Å². The Morgan fingerprint density at radius 1 is 1.04 bits per heavy atom. The number of aryl methyl sites for hydroxylation is 2. The van der Waals surface area contributed by atoms with Gasteiger partial charge in [0, 0.05) is 32.2 Å². The smallest absolute Gasteiger partial charge is 0.121 e. The Kier molecular flexibility index (Phi) is 8.15. The van der Waals surface area contributed by atoms with E-state index in [9.17, 15) is 5.11 Å². The monoisotopic (exact) mass is 360 g/mol. The fourth-order valence-electron chi connectivity index (χ4n) is 4.17. The van der Waals surface area contributed by atoms with Crippen LogP contribution in [-0.2, 0) is 0 Å². The van der Waals surface area contributed by atoms with Gasteiger partial charge in [-0.05, 0) is 49.3 Å². The molecule has 2 fully saturated rings. The molecule has 0 radical (unpaired) electrons. The maximum absolute atomic E-state index is 10.1. The van der Waals surface area contributed by atoms with E-state index in [1.807, 2.05) is 13.8 Å². The van der Waals surface area contributed by atoms with E-state index in [0.717, 1.165) is 43.2 Å². The van der Waals surface area contributed by atoms with Crippen molar-refractivity contribution in [2.45, 2.75) is 45.6 Å². The molecule has 1 aromatic carbocycles. The Morgan fingerprint density at radius 2 is 1.57 bits per heavy atom. The summed E-state index contributed by atoms with van der Waals surface area (Å²) in [5.74, 6) is 1.25. The van der Waals surface area contributed by atoms with Crippen molar-refractivity contribution in [3.63, 3.8) is 0 Å². The van der Waals surface area contributed by atoms with Crippen LogP contribution in [0.1, 0.15) is 48.4 Å². The Labute approximate surface area is 152 Å². The Balaban J connectivity index is 0.00000132. The van der Waals surface area contributed by atoms with Crippen LogP contribution in [0.2, 0.25) is 0 Å². The van der Waals surface area contributed by atoms with Gasteiger partial charge >= 0.3 is 0 Å². The number of phenolic OH excluding ortho intramolecular Hbond substituents is 1. The molecule has 0 bridgehead atoms. The molecule has 0 unspecified atom stereocenters. The van der Waals surface area contributed by atoms with Crippen molar-refractivity contribution in [2.24, 2.45) is 5.92 Å². The molecule has 23 heavy (non-hydrogen) atoms. The number of nitrogens with zero attached hydrogens (tertiary/aromatic N) is 1. The van der Waals surface area contributed by atoms with E-state index in [1.165, 1.54) is 31.2 Å². The summed E-state index contributed by atoms with van der Waals surface area (Å²) in [6.07, 6.45) is 5.47. The van der Waals surface area contributed by atoms with Crippen molar-refractivity contribution in [1.29, 1.82) is 0 Å². The van der Waals surface area contributed by atoms with Gasteiger partial charge in [-0.25, -0.2) is 0 Å². The number of nitrogens with one attached hydrogen (secondary N) is 1. The van der Waals surface area contributed by atoms with Gasteiger partial charge in [0.1, 0.15) is 5.75 Å². The van der Waals surface area contributed by atoms with Crippen LogP contribution in [0.3, 0.4) is 0 Å².